The highest BCUT2D eigenvalue weighted by Gasteiger charge is 2.15. The molecule has 1 aliphatic heterocycles. The molecule has 0 fully saturated rings. The molecule has 1 aliphatic rings. The van der Waals surface area contributed by atoms with Crippen LogP contribution in [0.5, 0.6) is 17.2 Å². The van der Waals surface area contributed by atoms with Gasteiger partial charge in [0.05, 0.1) is 17.6 Å². The Bertz CT molecular complexity index is 826. The van der Waals surface area contributed by atoms with Crippen LogP contribution < -0.4 is 14.2 Å². The number of hydrogen-bond acceptors (Lipinski definition) is 5. The number of ether oxygens (including phenoxy) is 3. The van der Waals surface area contributed by atoms with E-state index in [1.807, 2.05) is 41.0 Å². The maximum Gasteiger partial charge on any atom is 0.163 e. The number of nitrogens with zero attached hydrogens (tertiary/aromatic N) is 2. The third-order valence-electron chi connectivity index (χ3n) is 3.69. The number of aliphatic hydroxyl groups excluding tert-OH is 1. The van der Waals surface area contributed by atoms with Crippen molar-refractivity contribution in [3.63, 3.8) is 0 Å². The summed E-state index contributed by atoms with van der Waals surface area (Å²) in [7, 11) is 0. The van der Waals surface area contributed by atoms with E-state index in [4.69, 9.17) is 19.3 Å². The molecule has 0 aliphatic carbocycles. The second kappa shape index (κ2) is 5.81. The molecule has 4 rings (SSSR count). The topological polar surface area (TPSA) is 65.7 Å². The van der Waals surface area contributed by atoms with Crippen molar-refractivity contribution >= 4 is 11.0 Å². The second-order valence-electron chi connectivity index (χ2n) is 5.17. The van der Waals surface area contributed by atoms with Crippen molar-refractivity contribution in [2.24, 2.45) is 0 Å². The zero-order valence-corrected chi connectivity index (χ0v) is 12.4. The fourth-order valence-corrected chi connectivity index (χ4v) is 2.62. The largest absolute Gasteiger partial charge is 0.491 e. The second-order valence-corrected chi connectivity index (χ2v) is 5.17. The molecule has 23 heavy (non-hydrogen) atoms. The van der Waals surface area contributed by atoms with Gasteiger partial charge in [-0.15, -0.1) is 0 Å². The summed E-state index contributed by atoms with van der Waals surface area (Å²) in [6.45, 7) is 1.41. The molecule has 6 nitrogen and oxygen atoms in total. The van der Waals surface area contributed by atoms with Crippen molar-refractivity contribution in [2.75, 3.05) is 26.4 Å². The van der Waals surface area contributed by atoms with Crippen LogP contribution in [0, 0.1) is 0 Å². The van der Waals surface area contributed by atoms with Crippen molar-refractivity contribution in [1.82, 2.24) is 9.55 Å². The number of rotatable bonds is 4. The molecule has 1 aromatic heterocycles. The molecule has 0 amide bonds. The Hall–Kier alpha value is -2.73. The van der Waals surface area contributed by atoms with Gasteiger partial charge in [0.2, 0.25) is 0 Å². The lowest BCUT2D eigenvalue weighted by Gasteiger charge is -2.18. The Balaban J connectivity index is 1.71. The molecule has 0 saturated carbocycles. The van der Waals surface area contributed by atoms with Gasteiger partial charge >= 0.3 is 0 Å². The number of aliphatic hydroxyl groups is 1. The Labute approximate surface area is 132 Å². The van der Waals surface area contributed by atoms with Gasteiger partial charge in [-0.2, -0.15) is 0 Å². The molecular formula is C17H16N2O4. The predicted molar refractivity (Wildman–Crippen MR) is 84.6 cm³/mol. The Morgan fingerprint density at radius 3 is 2.57 bits per heavy atom. The van der Waals surface area contributed by atoms with Crippen LogP contribution in [0.1, 0.15) is 0 Å². The van der Waals surface area contributed by atoms with Crippen LogP contribution in [0.4, 0.5) is 0 Å². The Kier molecular flexibility index (Phi) is 3.51. The minimum Gasteiger partial charge on any atom is -0.491 e. The fraction of sp³-hybridized carbons (Fsp3) is 0.235. The quantitative estimate of drug-likeness (QED) is 0.800. The zero-order chi connectivity index (χ0) is 15.6. The maximum atomic E-state index is 8.79. The highest BCUT2D eigenvalue weighted by molar-refractivity contribution is 5.81. The Morgan fingerprint density at radius 1 is 1.09 bits per heavy atom. The van der Waals surface area contributed by atoms with Crippen LogP contribution >= 0.6 is 0 Å². The van der Waals surface area contributed by atoms with Gasteiger partial charge in [-0.05, 0) is 24.3 Å². The van der Waals surface area contributed by atoms with E-state index in [0.29, 0.717) is 13.2 Å². The van der Waals surface area contributed by atoms with Gasteiger partial charge in [-0.3, -0.25) is 4.57 Å². The van der Waals surface area contributed by atoms with Crippen LogP contribution in [0.3, 0.4) is 0 Å². The summed E-state index contributed by atoms with van der Waals surface area (Å²) >= 11 is 0. The highest BCUT2D eigenvalue weighted by Crippen LogP contribution is 2.35. The first-order valence-electron chi connectivity index (χ1n) is 7.46. The molecular weight excluding hydrogens is 296 g/mol. The molecule has 118 valence electrons. The summed E-state index contributed by atoms with van der Waals surface area (Å²) in [4.78, 5) is 4.44. The summed E-state index contributed by atoms with van der Waals surface area (Å²) in [5.74, 6) is 2.21. The standard InChI is InChI=1S/C17H16N2O4/c20-5-6-21-13-3-1-12(2-4-13)19-11-18-14-9-16-17(10-15(14)19)23-8-7-22-16/h1-4,9-11,20H,5-8H2. The van der Waals surface area contributed by atoms with Crippen molar-refractivity contribution in [1.29, 1.82) is 0 Å². The number of imidazole rings is 1. The molecule has 2 heterocycles. The van der Waals surface area contributed by atoms with E-state index in [0.717, 1.165) is 34.0 Å². The fourth-order valence-electron chi connectivity index (χ4n) is 2.62. The molecule has 0 saturated heterocycles. The SMILES string of the molecule is OCCOc1ccc(-n2cnc3cc4c(cc32)OCCO4)cc1. The third kappa shape index (κ3) is 2.57. The molecule has 3 aromatic rings. The molecule has 2 aromatic carbocycles. The van der Waals surface area contributed by atoms with Crippen LogP contribution in [-0.2, 0) is 0 Å². The maximum absolute atomic E-state index is 8.79. The molecule has 0 atom stereocenters. The van der Waals surface area contributed by atoms with Gasteiger partial charge in [0.25, 0.3) is 0 Å². The zero-order valence-electron chi connectivity index (χ0n) is 12.4. The van der Waals surface area contributed by atoms with Gasteiger partial charge in [-0.1, -0.05) is 0 Å². The average Bonchev–Trinajstić information content (AvgIpc) is 3.01. The summed E-state index contributed by atoms with van der Waals surface area (Å²) in [5, 5.41) is 8.79. The van der Waals surface area contributed by atoms with Gasteiger partial charge in [0.15, 0.2) is 11.5 Å². The van der Waals surface area contributed by atoms with Crippen molar-refractivity contribution in [2.45, 2.75) is 0 Å². The molecule has 1 N–H and O–H groups in total. The van der Waals surface area contributed by atoms with Gasteiger partial charge < -0.3 is 19.3 Å². The minimum absolute atomic E-state index is 0.00108. The lowest BCUT2D eigenvalue weighted by molar-refractivity contribution is 0.172. The summed E-state index contributed by atoms with van der Waals surface area (Å²) in [6.07, 6.45) is 1.78. The molecule has 0 radical (unpaired) electrons. The van der Waals surface area contributed by atoms with Crippen molar-refractivity contribution < 1.29 is 19.3 Å². The number of benzene rings is 2. The molecule has 0 bridgehead atoms. The van der Waals surface area contributed by atoms with E-state index in [1.54, 1.807) is 6.33 Å². The molecule has 6 heteroatoms. The van der Waals surface area contributed by atoms with Crippen LogP contribution in [-0.4, -0.2) is 41.1 Å². The average molecular weight is 312 g/mol. The number of aromatic nitrogens is 2. The third-order valence-corrected chi connectivity index (χ3v) is 3.69. The van der Waals surface area contributed by atoms with Crippen LogP contribution in [0.2, 0.25) is 0 Å². The van der Waals surface area contributed by atoms with Gasteiger partial charge in [0.1, 0.15) is 31.9 Å². The van der Waals surface area contributed by atoms with Gasteiger partial charge in [-0.25, -0.2) is 4.98 Å². The van der Waals surface area contributed by atoms with Crippen LogP contribution in [0.25, 0.3) is 16.7 Å². The van der Waals surface area contributed by atoms with Crippen LogP contribution in [0.15, 0.2) is 42.7 Å². The lowest BCUT2D eigenvalue weighted by Crippen LogP contribution is -2.15. The highest BCUT2D eigenvalue weighted by atomic mass is 16.6. The summed E-state index contributed by atoms with van der Waals surface area (Å²) in [5.41, 5.74) is 2.79. The molecule has 0 unspecified atom stereocenters. The van der Waals surface area contributed by atoms with E-state index >= 15 is 0 Å². The lowest BCUT2D eigenvalue weighted by atomic mass is 10.2. The number of fused-ring (bicyclic) bond motifs is 2. The minimum atomic E-state index is 0.00108. The first-order valence-corrected chi connectivity index (χ1v) is 7.46. The van der Waals surface area contributed by atoms with E-state index in [2.05, 4.69) is 4.98 Å². The summed E-state index contributed by atoms with van der Waals surface area (Å²) < 4.78 is 18.6. The smallest absolute Gasteiger partial charge is 0.163 e. The predicted octanol–water partition coefficient (Wildman–Crippen LogP) is 2.17. The summed E-state index contributed by atoms with van der Waals surface area (Å²) in [6, 6.07) is 11.5. The van der Waals surface area contributed by atoms with E-state index < -0.39 is 0 Å². The monoisotopic (exact) mass is 312 g/mol. The van der Waals surface area contributed by atoms with E-state index in [1.165, 1.54) is 0 Å². The first kappa shape index (κ1) is 13.9. The first-order chi connectivity index (χ1) is 11.3. The van der Waals surface area contributed by atoms with Crippen molar-refractivity contribution in [3.8, 4) is 22.9 Å². The normalized spacial score (nSPS) is 13.3. The number of hydrogen-bond donors (Lipinski definition) is 1. The van der Waals surface area contributed by atoms with Gasteiger partial charge in [0, 0.05) is 17.8 Å². The van der Waals surface area contributed by atoms with E-state index in [9.17, 15) is 0 Å². The Morgan fingerprint density at radius 2 is 1.83 bits per heavy atom. The molecule has 0 spiro atoms. The van der Waals surface area contributed by atoms with Crippen molar-refractivity contribution in [3.05, 3.63) is 42.7 Å². The van der Waals surface area contributed by atoms with E-state index in [-0.39, 0.29) is 13.2 Å².